The topological polar surface area (TPSA) is 85.2 Å². The van der Waals surface area contributed by atoms with Gasteiger partial charge in [-0.2, -0.15) is 0 Å². The number of aliphatic hydroxyl groups is 2. The van der Waals surface area contributed by atoms with Gasteiger partial charge in [-0.05, 0) is 34.6 Å². The Hall–Kier alpha value is -0.690. The van der Waals surface area contributed by atoms with Crippen LogP contribution in [0.1, 0.15) is 48.0 Å². The molecule has 6 heteroatoms. The first-order valence-corrected chi connectivity index (χ1v) is 6.89. The summed E-state index contributed by atoms with van der Waals surface area (Å²) in [6.45, 7) is 10.5. The van der Waals surface area contributed by atoms with Crippen LogP contribution in [0, 0.1) is 0 Å². The minimum absolute atomic E-state index is 0.172. The van der Waals surface area contributed by atoms with E-state index in [-0.39, 0.29) is 6.42 Å². The van der Waals surface area contributed by atoms with E-state index in [4.69, 9.17) is 14.2 Å². The molecule has 1 aliphatic rings. The Morgan fingerprint density at radius 1 is 1.30 bits per heavy atom. The summed E-state index contributed by atoms with van der Waals surface area (Å²) in [6, 6.07) is 0. The fraction of sp³-hybridized carbons (Fsp3) is 0.929. The van der Waals surface area contributed by atoms with Crippen molar-refractivity contribution < 1.29 is 29.2 Å². The van der Waals surface area contributed by atoms with E-state index < -0.39 is 41.8 Å². The van der Waals surface area contributed by atoms with Gasteiger partial charge in [-0.1, -0.05) is 6.92 Å². The van der Waals surface area contributed by atoms with Crippen LogP contribution in [0.4, 0.5) is 0 Å². The molecule has 1 fully saturated rings. The van der Waals surface area contributed by atoms with E-state index in [0.29, 0.717) is 0 Å². The highest BCUT2D eigenvalue weighted by atomic mass is 16.7. The lowest BCUT2D eigenvalue weighted by atomic mass is 9.89. The first-order chi connectivity index (χ1) is 8.98. The predicted molar refractivity (Wildman–Crippen MR) is 72.0 cm³/mol. The van der Waals surface area contributed by atoms with Crippen LogP contribution in [0.3, 0.4) is 0 Å². The molecule has 0 radical (unpaired) electrons. The standard InChI is InChI=1S/C14H26O6/c1-7-8(15)18-10-9(16)11(17)14(5,6)20-12(10)19-13(2,3)4/h9-12,16-17H,7H2,1-6H3/t9-,10+,11+,12-/m1/s1. The summed E-state index contributed by atoms with van der Waals surface area (Å²) in [6.07, 6.45) is -4.24. The van der Waals surface area contributed by atoms with Crippen molar-refractivity contribution in [2.75, 3.05) is 0 Å². The molecule has 0 bridgehead atoms. The molecule has 1 saturated heterocycles. The number of ether oxygens (including phenoxy) is 3. The summed E-state index contributed by atoms with van der Waals surface area (Å²) in [5.74, 6) is -0.480. The summed E-state index contributed by atoms with van der Waals surface area (Å²) in [5, 5.41) is 20.3. The lowest BCUT2D eigenvalue weighted by molar-refractivity contribution is -0.342. The van der Waals surface area contributed by atoms with E-state index in [2.05, 4.69) is 0 Å². The molecule has 0 aromatic heterocycles. The van der Waals surface area contributed by atoms with E-state index in [1.54, 1.807) is 20.8 Å². The van der Waals surface area contributed by atoms with Gasteiger partial charge in [0.25, 0.3) is 0 Å². The normalized spacial score (nSPS) is 33.8. The summed E-state index contributed by atoms with van der Waals surface area (Å²) in [4.78, 5) is 11.5. The average molecular weight is 290 g/mol. The maximum Gasteiger partial charge on any atom is 0.306 e. The average Bonchev–Trinajstić information content (AvgIpc) is 2.29. The molecule has 1 rings (SSSR count). The fourth-order valence-corrected chi connectivity index (χ4v) is 1.99. The van der Waals surface area contributed by atoms with E-state index in [1.807, 2.05) is 20.8 Å². The van der Waals surface area contributed by atoms with Crippen LogP contribution < -0.4 is 0 Å². The second kappa shape index (κ2) is 5.97. The van der Waals surface area contributed by atoms with Crippen molar-refractivity contribution in [1.82, 2.24) is 0 Å². The van der Waals surface area contributed by atoms with Gasteiger partial charge in [0.2, 0.25) is 0 Å². The van der Waals surface area contributed by atoms with Gasteiger partial charge < -0.3 is 24.4 Å². The molecule has 0 amide bonds. The first-order valence-electron chi connectivity index (χ1n) is 6.89. The quantitative estimate of drug-likeness (QED) is 0.754. The van der Waals surface area contributed by atoms with E-state index in [0.717, 1.165) is 0 Å². The Labute approximate surface area is 120 Å². The second-order valence-electron chi connectivity index (χ2n) is 6.56. The third-order valence-electron chi connectivity index (χ3n) is 3.09. The number of esters is 1. The number of hydrogen-bond donors (Lipinski definition) is 2. The lowest BCUT2D eigenvalue weighted by Gasteiger charge is -2.47. The number of aliphatic hydroxyl groups excluding tert-OH is 2. The zero-order valence-corrected chi connectivity index (χ0v) is 13.0. The second-order valence-corrected chi connectivity index (χ2v) is 6.56. The molecule has 0 aromatic carbocycles. The highest BCUT2D eigenvalue weighted by Crippen LogP contribution is 2.33. The van der Waals surface area contributed by atoms with Crippen molar-refractivity contribution >= 4 is 5.97 Å². The molecular formula is C14H26O6. The van der Waals surface area contributed by atoms with Crippen molar-refractivity contribution in [3.8, 4) is 0 Å². The Kier molecular flexibility index (Phi) is 5.18. The molecule has 0 aliphatic carbocycles. The molecule has 4 atom stereocenters. The number of rotatable bonds is 3. The van der Waals surface area contributed by atoms with Crippen molar-refractivity contribution in [3.05, 3.63) is 0 Å². The minimum atomic E-state index is -1.26. The maximum absolute atomic E-state index is 11.5. The van der Waals surface area contributed by atoms with E-state index in [9.17, 15) is 15.0 Å². The van der Waals surface area contributed by atoms with Crippen LogP contribution in [0.2, 0.25) is 0 Å². The van der Waals surface area contributed by atoms with Crippen molar-refractivity contribution in [3.63, 3.8) is 0 Å². The van der Waals surface area contributed by atoms with Crippen LogP contribution in [0.25, 0.3) is 0 Å². The highest BCUT2D eigenvalue weighted by molar-refractivity contribution is 5.69. The highest BCUT2D eigenvalue weighted by Gasteiger charge is 2.52. The molecule has 0 spiro atoms. The van der Waals surface area contributed by atoms with Gasteiger partial charge in [-0.3, -0.25) is 4.79 Å². The Balaban J connectivity index is 2.96. The molecular weight excluding hydrogens is 264 g/mol. The van der Waals surface area contributed by atoms with Crippen LogP contribution in [0.15, 0.2) is 0 Å². The molecule has 118 valence electrons. The third-order valence-corrected chi connectivity index (χ3v) is 3.09. The zero-order valence-electron chi connectivity index (χ0n) is 13.0. The van der Waals surface area contributed by atoms with Crippen molar-refractivity contribution in [2.45, 2.75) is 83.8 Å². The molecule has 1 aliphatic heterocycles. The molecule has 6 nitrogen and oxygen atoms in total. The zero-order chi connectivity index (χ0) is 15.7. The largest absolute Gasteiger partial charge is 0.454 e. The third kappa shape index (κ3) is 4.15. The molecule has 2 N–H and O–H groups in total. The predicted octanol–water partition coefficient (Wildman–Crippen LogP) is 0.980. The smallest absolute Gasteiger partial charge is 0.306 e. The van der Waals surface area contributed by atoms with Crippen molar-refractivity contribution in [2.24, 2.45) is 0 Å². The summed E-state index contributed by atoms with van der Waals surface area (Å²) in [7, 11) is 0. The first kappa shape index (κ1) is 17.4. The lowest BCUT2D eigenvalue weighted by Crippen LogP contribution is -2.64. The molecule has 0 saturated carbocycles. The fourth-order valence-electron chi connectivity index (χ4n) is 1.99. The number of carbonyl (C=O) groups excluding carboxylic acids is 1. The number of carbonyl (C=O) groups is 1. The van der Waals surface area contributed by atoms with Crippen molar-refractivity contribution in [1.29, 1.82) is 0 Å². The van der Waals surface area contributed by atoms with Gasteiger partial charge in [0, 0.05) is 6.42 Å². The van der Waals surface area contributed by atoms with Gasteiger partial charge in [0.05, 0.1) is 11.2 Å². The minimum Gasteiger partial charge on any atom is -0.454 e. The van der Waals surface area contributed by atoms with Gasteiger partial charge in [-0.25, -0.2) is 0 Å². The van der Waals surface area contributed by atoms with Gasteiger partial charge >= 0.3 is 5.97 Å². The van der Waals surface area contributed by atoms with Crippen LogP contribution in [-0.4, -0.2) is 52.0 Å². The van der Waals surface area contributed by atoms with Crippen LogP contribution in [-0.2, 0) is 19.0 Å². The maximum atomic E-state index is 11.5. The van der Waals surface area contributed by atoms with E-state index >= 15 is 0 Å². The molecule has 20 heavy (non-hydrogen) atoms. The van der Waals surface area contributed by atoms with Gasteiger partial charge in [0.1, 0.15) is 12.2 Å². The van der Waals surface area contributed by atoms with Crippen LogP contribution >= 0.6 is 0 Å². The number of hydrogen-bond acceptors (Lipinski definition) is 6. The van der Waals surface area contributed by atoms with Gasteiger partial charge in [0.15, 0.2) is 12.4 Å². The Morgan fingerprint density at radius 2 is 1.85 bits per heavy atom. The van der Waals surface area contributed by atoms with E-state index in [1.165, 1.54) is 0 Å². The Morgan fingerprint density at radius 3 is 2.30 bits per heavy atom. The summed E-state index contributed by atoms with van der Waals surface area (Å²) in [5.41, 5.74) is -1.54. The van der Waals surface area contributed by atoms with Crippen LogP contribution in [0.5, 0.6) is 0 Å². The molecule has 1 heterocycles. The Bertz CT molecular complexity index is 346. The summed E-state index contributed by atoms with van der Waals surface area (Å²) < 4.78 is 16.6. The summed E-state index contributed by atoms with van der Waals surface area (Å²) >= 11 is 0. The monoisotopic (exact) mass is 290 g/mol. The molecule has 0 unspecified atom stereocenters. The SMILES string of the molecule is CCC(=O)O[C@@H]1[C@H](OC(C)(C)C)OC(C)(C)[C@@H](O)[C@@H]1O. The molecule has 0 aromatic rings. The van der Waals surface area contributed by atoms with Gasteiger partial charge in [-0.15, -0.1) is 0 Å².